The molecule has 0 radical (unpaired) electrons. The third-order valence-corrected chi connectivity index (χ3v) is 8.03. The number of piperazine rings is 1. The SMILES string of the molecule is CC1CN(C(c2ccccc2)C2CCN(C(=O)NC(c3cccc(F)c3)c3cccc(F)c3)CC2)CC(C)N1. The maximum absolute atomic E-state index is 14.1. The second-order valence-electron chi connectivity index (χ2n) is 11.1. The van der Waals surface area contributed by atoms with Crippen molar-refractivity contribution in [1.82, 2.24) is 20.4 Å². The number of carbonyl (C=O) groups excluding carboxylic acids is 1. The van der Waals surface area contributed by atoms with E-state index >= 15 is 0 Å². The molecule has 2 heterocycles. The van der Waals surface area contributed by atoms with Crippen molar-refractivity contribution in [3.63, 3.8) is 0 Å². The van der Waals surface area contributed by atoms with E-state index in [0.717, 1.165) is 25.9 Å². The molecule has 7 heteroatoms. The van der Waals surface area contributed by atoms with Crippen LogP contribution >= 0.6 is 0 Å². The van der Waals surface area contributed by atoms with E-state index in [1.807, 2.05) is 4.90 Å². The van der Waals surface area contributed by atoms with Gasteiger partial charge in [-0.15, -0.1) is 0 Å². The molecule has 206 valence electrons. The number of benzene rings is 3. The van der Waals surface area contributed by atoms with E-state index in [1.165, 1.54) is 29.8 Å². The van der Waals surface area contributed by atoms with Crippen molar-refractivity contribution in [2.75, 3.05) is 26.2 Å². The van der Waals surface area contributed by atoms with Gasteiger partial charge in [0.05, 0.1) is 6.04 Å². The quantitative estimate of drug-likeness (QED) is 0.416. The first-order chi connectivity index (χ1) is 18.9. The zero-order chi connectivity index (χ0) is 27.4. The number of rotatable bonds is 6. The second-order valence-corrected chi connectivity index (χ2v) is 11.1. The van der Waals surface area contributed by atoms with Crippen LogP contribution in [0.15, 0.2) is 78.9 Å². The molecule has 3 aromatic carbocycles. The topological polar surface area (TPSA) is 47.6 Å². The van der Waals surface area contributed by atoms with Gasteiger partial charge in [-0.1, -0.05) is 54.6 Å². The van der Waals surface area contributed by atoms with Crippen LogP contribution < -0.4 is 10.6 Å². The Morgan fingerprint density at radius 3 is 1.90 bits per heavy atom. The van der Waals surface area contributed by atoms with Gasteiger partial charge < -0.3 is 15.5 Å². The van der Waals surface area contributed by atoms with Crippen LogP contribution in [-0.2, 0) is 0 Å². The zero-order valence-corrected chi connectivity index (χ0v) is 22.7. The van der Waals surface area contributed by atoms with Gasteiger partial charge in [-0.2, -0.15) is 0 Å². The van der Waals surface area contributed by atoms with Crippen molar-refractivity contribution in [3.8, 4) is 0 Å². The lowest BCUT2D eigenvalue weighted by Crippen LogP contribution is -2.56. The van der Waals surface area contributed by atoms with Gasteiger partial charge in [0.1, 0.15) is 11.6 Å². The van der Waals surface area contributed by atoms with Gasteiger partial charge in [-0.25, -0.2) is 13.6 Å². The van der Waals surface area contributed by atoms with Crippen LogP contribution in [-0.4, -0.2) is 54.1 Å². The predicted molar refractivity (Wildman–Crippen MR) is 150 cm³/mol. The summed E-state index contributed by atoms with van der Waals surface area (Å²) < 4.78 is 28.1. The molecular weight excluding hydrogens is 494 g/mol. The summed E-state index contributed by atoms with van der Waals surface area (Å²) in [5, 5.41) is 6.70. The number of carbonyl (C=O) groups is 1. The Kier molecular flexibility index (Phi) is 8.58. The molecule has 3 aromatic rings. The lowest BCUT2D eigenvalue weighted by atomic mass is 9.83. The fourth-order valence-electron chi connectivity index (χ4n) is 6.39. The summed E-state index contributed by atoms with van der Waals surface area (Å²) in [6, 6.07) is 23.2. The van der Waals surface area contributed by atoms with Crippen LogP contribution in [0.3, 0.4) is 0 Å². The molecule has 3 unspecified atom stereocenters. The molecule has 0 aliphatic carbocycles. The average Bonchev–Trinajstić information content (AvgIpc) is 2.92. The van der Waals surface area contributed by atoms with Crippen molar-refractivity contribution < 1.29 is 13.6 Å². The van der Waals surface area contributed by atoms with Crippen molar-refractivity contribution in [2.45, 2.75) is 50.9 Å². The molecule has 3 atom stereocenters. The van der Waals surface area contributed by atoms with Crippen LogP contribution in [0.4, 0.5) is 13.6 Å². The maximum atomic E-state index is 14.1. The molecule has 2 aliphatic heterocycles. The highest BCUT2D eigenvalue weighted by atomic mass is 19.1. The first-order valence-electron chi connectivity index (χ1n) is 14.0. The Hall–Kier alpha value is -3.29. The summed E-state index contributed by atoms with van der Waals surface area (Å²) >= 11 is 0. The maximum Gasteiger partial charge on any atom is 0.318 e. The van der Waals surface area contributed by atoms with Gasteiger partial charge >= 0.3 is 6.03 Å². The number of nitrogens with zero attached hydrogens (tertiary/aromatic N) is 2. The predicted octanol–water partition coefficient (Wildman–Crippen LogP) is 5.90. The van der Waals surface area contributed by atoms with Crippen molar-refractivity contribution in [1.29, 1.82) is 0 Å². The van der Waals surface area contributed by atoms with Crippen LogP contribution in [0.2, 0.25) is 0 Å². The Bertz CT molecular complexity index is 1190. The summed E-state index contributed by atoms with van der Waals surface area (Å²) in [5.74, 6) is -0.365. The summed E-state index contributed by atoms with van der Waals surface area (Å²) in [7, 11) is 0. The van der Waals surface area contributed by atoms with Gasteiger partial charge in [-0.05, 0) is 73.6 Å². The normalized spacial score (nSPS) is 21.6. The Morgan fingerprint density at radius 2 is 1.36 bits per heavy atom. The first kappa shape index (κ1) is 27.3. The van der Waals surface area contributed by atoms with Crippen molar-refractivity contribution in [3.05, 3.63) is 107 Å². The number of halogens is 2. The van der Waals surface area contributed by atoms with E-state index in [-0.39, 0.29) is 6.03 Å². The Morgan fingerprint density at radius 1 is 0.821 bits per heavy atom. The average molecular weight is 533 g/mol. The van der Waals surface area contributed by atoms with E-state index in [0.29, 0.717) is 48.3 Å². The molecule has 5 rings (SSSR count). The third-order valence-electron chi connectivity index (χ3n) is 8.03. The summed E-state index contributed by atoms with van der Waals surface area (Å²) in [5.41, 5.74) is 2.49. The third kappa shape index (κ3) is 6.65. The smallest absolute Gasteiger partial charge is 0.318 e. The number of piperidine rings is 1. The highest BCUT2D eigenvalue weighted by Gasteiger charge is 2.36. The van der Waals surface area contributed by atoms with E-state index in [4.69, 9.17) is 0 Å². The van der Waals surface area contributed by atoms with E-state index in [9.17, 15) is 13.6 Å². The largest absolute Gasteiger partial charge is 0.327 e. The fourth-order valence-corrected chi connectivity index (χ4v) is 6.39. The second kappa shape index (κ2) is 12.3. The number of hydrogen-bond donors (Lipinski definition) is 2. The van der Waals surface area contributed by atoms with Gasteiger partial charge in [0.2, 0.25) is 0 Å². The first-order valence-corrected chi connectivity index (χ1v) is 14.0. The molecule has 2 fully saturated rings. The molecule has 0 aromatic heterocycles. The molecule has 2 aliphatic rings. The molecule has 39 heavy (non-hydrogen) atoms. The fraction of sp³-hybridized carbons (Fsp3) is 0.406. The Balaban J connectivity index is 1.30. The van der Waals surface area contributed by atoms with Crippen molar-refractivity contribution >= 4 is 6.03 Å². The lowest BCUT2D eigenvalue weighted by Gasteiger charge is -2.46. The molecule has 2 N–H and O–H groups in total. The monoisotopic (exact) mass is 532 g/mol. The van der Waals surface area contributed by atoms with E-state index in [2.05, 4.69) is 59.7 Å². The number of amides is 2. The van der Waals surface area contributed by atoms with Gasteiger partial charge in [-0.3, -0.25) is 4.90 Å². The molecule has 5 nitrogen and oxygen atoms in total. The summed E-state index contributed by atoms with van der Waals surface area (Å²) in [6.07, 6.45) is 1.79. The molecule has 2 saturated heterocycles. The zero-order valence-electron chi connectivity index (χ0n) is 22.7. The van der Waals surface area contributed by atoms with E-state index in [1.54, 1.807) is 24.3 Å². The minimum atomic E-state index is -0.650. The minimum absolute atomic E-state index is 0.215. The number of nitrogens with one attached hydrogen (secondary N) is 2. The lowest BCUT2D eigenvalue weighted by molar-refractivity contribution is 0.0604. The van der Waals surface area contributed by atoms with Crippen LogP contribution in [0, 0.1) is 17.6 Å². The van der Waals surface area contributed by atoms with Gasteiger partial charge in [0, 0.05) is 44.3 Å². The number of likely N-dealkylation sites (tertiary alicyclic amines) is 1. The molecular formula is C32H38F2N4O. The summed E-state index contributed by atoms with van der Waals surface area (Å²) in [4.78, 5) is 17.9. The number of urea groups is 1. The van der Waals surface area contributed by atoms with E-state index < -0.39 is 17.7 Å². The van der Waals surface area contributed by atoms with Crippen molar-refractivity contribution in [2.24, 2.45) is 5.92 Å². The molecule has 0 saturated carbocycles. The summed E-state index contributed by atoms with van der Waals surface area (Å²) in [6.45, 7) is 7.74. The minimum Gasteiger partial charge on any atom is -0.327 e. The van der Waals surface area contributed by atoms with Crippen LogP contribution in [0.5, 0.6) is 0 Å². The standard InChI is InChI=1S/C32H38F2N4O/c1-22-20-38(21-23(2)35-22)31(24-8-4-3-5-9-24)25-14-16-37(17-15-25)32(39)36-30(26-10-6-12-28(33)18-26)27-11-7-13-29(34)19-27/h3-13,18-19,22-23,25,30-31,35H,14-17,20-21H2,1-2H3,(H,36,39). The van der Waals surface area contributed by atoms with Gasteiger partial charge in [0.25, 0.3) is 0 Å². The van der Waals surface area contributed by atoms with Crippen LogP contribution in [0.1, 0.15) is 55.5 Å². The molecule has 0 bridgehead atoms. The highest BCUT2D eigenvalue weighted by Crippen LogP contribution is 2.37. The molecule has 0 spiro atoms. The van der Waals surface area contributed by atoms with Crippen LogP contribution in [0.25, 0.3) is 0 Å². The highest BCUT2D eigenvalue weighted by molar-refractivity contribution is 5.75. The van der Waals surface area contributed by atoms with Gasteiger partial charge in [0.15, 0.2) is 0 Å². The molecule has 2 amide bonds. The Labute approximate surface area is 230 Å². The number of hydrogen-bond acceptors (Lipinski definition) is 3.